The Balaban J connectivity index is 2.07. The van der Waals surface area contributed by atoms with Gasteiger partial charge in [-0.25, -0.2) is 15.8 Å². The van der Waals surface area contributed by atoms with Gasteiger partial charge in [-0.3, -0.25) is 4.90 Å². The van der Waals surface area contributed by atoms with E-state index in [0.29, 0.717) is 11.9 Å². The lowest BCUT2D eigenvalue weighted by atomic mass is 10.2. The van der Waals surface area contributed by atoms with E-state index in [-0.39, 0.29) is 0 Å². The number of nitrogens with zero attached hydrogens (tertiary/aromatic N) is 4. The van der Waals surface area contributed by atoms with Crippen LogP contribution in [0, 0.1) is 0 Å². The van der Waals surface area contributed by atoms with Gasteiger partial charge in [0.25, 0.3) is 0 Å². The van der Waals surface area contributed by atoms with Gasteiger partial charge in [-0.15, -0.1) is 0 Å². The van der Waals surface area contributed by atoms with Crippen molar-refractivity contribution in [3.63, 3.8) is 0 Å². The molecule has 118 valence electrons. The maximum Gasteiger partial charge on any atom is 0.145 e. The van der Waals surface area contributed by atoms with Gasteiger partial charge in [0.15, 0.2) is 0 Å². The Morgan fingerprint density at radius 2 is 1.95 bits per heavy atom. The molecule has 1 fully saturated rings. The molecule has 1 aromatic rings. The second-order valence-corrected chi connectivity index (χ2v) is 5.70. The van der Waals surface area contributed by atoms with Crippen LogP contribution in [-0.2, 0) is 6.42 Å². The number of hydrogen-bond donors (Lipinski definition) is 2. The molecule has 6 heteroatoms. The van der Waals surface area contributed by atoms with Crippen molar-refractivity contribution in [2.45, 2.75) is 46.1 Å². The minimum absolute atomic E-state index is 0.662. The molecular weight excluding hydrogens is 264 g/mol. The van der Waals surface area contributed by atoms with E-state index in [0.717, 1.165) is 50.7 Å². The van der Waals surface area contributed by atoms with E-state index in [2.05, 4.69) is 46.0 Å². The van der Waals surface area contributed by atoms with Crippen molar-refractivity contribution in [1.82, 2.24) is 14.9 Å². The van der Waals surface area contributed by atoms with E-state index in [1.54, 1.807) is 0 Å². The molecule has 0 aromatic carbocycles. The quantitative estimate of drug-likeness (QED) is 0.613. The van der Waals surface area contributed by atoms with Gasteiger partial charge in [-0.2, -0.15) is 0 Å². The molecule has 0 bridgehead atoms. The summed E-state index contributed by atoms with van der Waals surface area (Å²) in [7, 11) is 0. The molecule has 3 N–H and O–H groups in total. The summed E-state index contributed by atoms with van der Waals surface area (Å²) >= 11 is 0. The van der Waals surface area contributed by atoms with Crippen molar-refractivity contribution in [2.24, 2.45) is 5.84 Å². The minimum atomic E-state index is 0.662. The lowest BCUT2D eigenvalue weighted by Gasteiger charge is -2.38. The van der Waals surface area contributed by atoms with Crippen molar-refractivity contribution in [2.75, 3.05) is 36.5 Å². The van der Waals surface area contributed by atoms with Crippen LogP contribution in [0.4, 0.5) is 11.6 Å². The van der Waals surface area contributed by atoms with Gasteiger partial charge in [0, 0.05) is 44.7 Å². The molecule has 0 spiro atoms. The number of nitrogens with one attached hydrogen (secondary N) is 1. The highest BCUT2D eigenvalue weighted by Gasteiger charge is 2.21. The number of aryl methyl sites for hydroxylation is 1. The molecule has 21 heavy (non-hydrogen) atoms. The summed E-state index contributed by atoms with van der Waals surface area (Å²) in [6.45, 7) is 10.9. The number of hydrazine groups is 1. The lowest BCUT2D eigenvalue weighted by molar-refractivity contribution is 0.192. The summed E-state index contributed by atoms with van der Waals surface area (Å²) < 4.78 is 0. The van der Waals surface area contributed by atoms with E-state index in [1.165, 1.54) is 6.42 Å². The first-order valence-corrected chi connectivity index (χ1v) is 8.01. The first-order valence-electron chi connectivity index (χ1n) is 8.01. The summed E-state index contributed by atoms with van der Waals surface area (Å²) in [5.74, 6) is 8.09. The van der Waals surface area contributed by atoms with E-state index < -0.39 is 0 Å². The van der Waals surface area contributed by atoms with Crippen LogP contribution in [0.25, 0.3) is 0 Å². The summed E-state index contributed by atoms with van der Waals surface area (Å²) in [5, 5.41) is 0. The van der Waals surface area contributed by atoms with E-state index in [9.17, 15) is 0 Å². The van der Waals surface area contributed by atoms with Crippen LogP contribution in [0.3, 0.4) is 0 Å². The second-order valence-electron chi connectivity index (χ2n) is 5.70. The topological polar surface area (TPSA) is 70.3 Å². The highest BCUT2D eigenvalue weighted by molar-refractivity contribution is 5.49. The third-order valence-electron chi connectivity index (χ3n) is 4.23. The van der Waals surface area contributed by atoms with Gasteiger partial charge < -0.3 is 10.3 Å². The molecule has 0 radical (unpaired) electrons. The highest BCUT2D eigenvalue weighted by atomic mass is 15.3. The molecule has 1 unspecified atom stereocenters. The normalized spacial score (nSPS) is 17.8. The zero-order chi connectivity index (χ0) is 15.2. The Bertz CT molecular complexity index is 442. The molecule has 1 aliphatic rings. The molecule has 2 rings (SSSR count). The van der Waals surface area contributed by atoms with Crippen molar-refractivity contribution in [3.05, 3.63) is 11.9 Å². The Labute approximate surface area is 127 Å². The van der Waals surface area contributed by atoms with Crippen molar-refractivity contribution in [3.8, 4) is 0 Å². The third kappa shape index (κ3) is 4.04. The van der Waals surface area contributed by atoms with Crippen LogP contribution >= 0.6 is 0 Å². The van der Waals surface area contributed by atoms with Crippen molar-refractivity contribution < 1.29 is 0 Å². The zero-order valence-electron chi connectivity index (χ0n) is 13.5. The fraction of sp³-hybridized carbons (Fsp3) is 0.733. The molecule has 0 amide bonds. The maximum absolute atomic E-state index is 5.53. The average Bonchev–Trinajstić information content (AvgIpc) is 2.54. The van der Waals surface area contributed by atoms with E-state index in [1.807, 2.05) is 6.07 Å². The Hall–Kier alpha value is -1.40. The SMILES string of the molecule is CCCc1nc(NN)cc(N2CCN(C(C)CC)CC2)n1. The number of rotatable bonds is 6. The highest BCUT2D eigenvalue weighted by Crippen LogP contribution is 2.19. The third-order valence-corrected chi connectivity index (χ3v) is 4.23. The maximum atomic E-state index is 5.53. The largest absolute Gasteiger partial charge is 0.354 e. The van der Waals surface area contributed by atoms with Crippen LogP contribution < -0.4 is 16.2 Å². The van der Waals surface area contributed by atoms with Crippen LogP contribution in [0.1, 0.15) is 39.4 Å². The number of hydrogen-bond acceptors (Lipinski definition) is 6. The number of piperazine rings is 1. The molecule has 2 heterocycles. The first-order chi connectivity index (χ1) is 10.2. The Kier molecular flexibility index (Phi) is 5.76. The molecular formula is C15H28N6. The fourth-order valence-electron chi connectivity index (χ4n) is 2.70. The van der Waals surface area contributed by atoms with Crippen LogP contribution in [0.5, 0.6) is 0 Å². The smallest absolute Gasteiger partial charge is 0.145 e. The van der Waals surface area contributed by atoms with Gasteiger partial charge in [0.2, 0.25) is 0 Å². The van der Waals surface area contributed by atoms with E-state index in [4.69, 9.17) is 5.84 Å². The van der Waals surface area contributed by atoms with Crippen LogP contribution in [0.2, 0.25) is 0 Å². The summed E-state index contributed by atoms with van der Waals surface area (Å²) in [5.41, 5.74) is 2.65. The van der Waals surface area contributed by atoms with Gasteiger partial charge in [-0.05, 0) is 19.8 Å². The molecule has 1 aromatic heterocycles. The van der Waals surface area contributed by atoms with Crippen LogP contribution in [-0.4, -0.2) is 47.1 Å². The average molecular weight is 292 g/mol. The van der Waals surface area contributed by atoms with Gasteiger partial charge >= 0.3 is 0 Å². The number of aromatic nitrogens is 2. The number of nitrogen functional groups attached to an aromatic ring is 1. The molecule has 6 nitrogen and oxygen atoms in total. The molecule has 0 saturated carbocycles. The molecule has 0 aliphatic carbocycles. The number of anilines is 2. The summed E-state index contributed by atoms with van der Waals surface area (Å²) in [6, 6.07) is 2.60. The first kappa shape index (κ1) is 16.0. The zero-order valence-corrected chi connectivity index (χ0v) is 13.5. The second kappa shape index (κ2) is 7.56. The Morgan fingerprint density at radius 1 is 1.24 bits per heavy atom. The van der Waals surface area contributed by atoms with Crippen molar-refractivity contribution in [1.29, 1.82) is 0 Å². The molecule has 1 saturated heterocycles. The summed E-state index contributed by atoms with van der Waals surface area (Å²) in [6.07, 6.45) is 3.13. The molecule has 1 atom stereocenters. The fourth-order valence-corrected chi connectivity index (χ4v) is 2.70. The van der Waals surface area contributed by atoms with Gasteiger partial charge in [0.1, 0.15) is 17.5 Å². The van der Waals surface area contributed by atoms with Crippen LogP contribution in [0.15, 0.2) is 6.07 Å². The lowest BCUT2D eigenvalue weighted by Crippen LogP contribution is -2.49. The Morgan fingerprint density at radius 3 is 2.52 bits per heavy atom. The van der Waals surface area contributed by atoms with E-state index >= 15 is 0 Å². The predicted octanol–water partition coefficient (Wildman–Crippen LogP) is 1.64. The minimum Gasteiger partial charge on any atom is -0.354 e. The monoisotopic (exact) mass is 292 g/mol. The summed E-state index contributed by atoms with van der Waals surface area (Å²) in [4.78, 5) is 14.0. The predicted molar refractivity (Wildman–Crippen MR) is 87.4 cm³/mol. The number of nitrogens with two attached hydrogens (primary N) is 1. The standard InChI is InChI=1S/C15H28N6/c1-4-6-13-17-14(19-16)11-15(18-13)21-9-7-20(8-10-21)12(3)5-2/h11-12H,4-10,16H2,1-3H3,(H,17,18,19). The molecule has 1 aliphatic heterocycles. The van der Waals surface area contributed by atoms with Gasteiger partial charge in [-0.1, -0.05) is 13.8 Å². The van der Waals surface area contributed by atoms with Gasteiger partial charge in [0.05, 0.1) is 0 Å². The van der Waals surface area contributed by atoms with Crippen molar-refractivity contribution >= 4 is 11.6 Å².